The molecule has 0 saturated carbocycles. The van der Waals surface area contributed by atoms with Crippen molar-refractivity contribution in [2.75, 3.05) is 6.61 Å². The number of epoxide rings is 1. The summed E-state index contributed by atoms with van der Waals surface area (Å²) in [6.07, 6.45) is -9.05. The monoisotopic (exact) mass is 226 g/mol. The van der Waals surface area contributed by atoms with Gasteiger partial charge >= 0.3 is 18.0 Å². The molecule has 1 aliphatic rings. The minimum absolute atomic E-state index is 0.205. The molecule has 84 valence electrons. The summed E-state index contributed by atoms with van der Waals surface area (Å²) in [6, 6.07) is 0. The number of hydrogen-bond acceptors (Lipinski definition) is 1. The van der Waals surface area contributed by atoms with E-state index in [0.717, 1.165) is 0 Å². The molecule has 0 radical (unpaired) electrons. The Bertz CT molecular complexity index is 217. The van der Waals surface area contributed by atoms with E-state index in [0.29, 0.717) is 0 Å². The Hall–Kier alpha value is -0.530. The van der Waals surface area contributed by atoms with Gasteiger partial charge in [0.1, 0.15) is 0 Å². The highest BCUT2D eigenvalue weighted by atomic mass is 19.4. The molecule has 0 aromatic heterocycles. The van der Waals surface area contributed by atoms with Crippen LogP contribution in [0.4, 0.5) is 30.7 Å². The second-order valence-corrected chi connectivity index (χ2v) is 2.94. The van der Waals surface area contributed by atoms with Crippen LogP contribution in [0.5, 0.6) is 0 Å². The molecule has 1 rings (SSSR count). The predicted molar refractivity (Wildman–Crippen MR) is 30.3 cm³/mol. The molecule has 0 N–H and O–H groups in total. The van der Waals surface area contributed by atoms with Crippen LogP contribution in [-0.2, 0) is 4.74 Å². The van der Waals surface area contributed by atoms with Crippen molar-refractivity contribution in [1.82, 2.24) is 0 Å². The normalized spacial score (nSPS) is 23.8. The van der Waals surface area contributed by atoms with Crippen LogP contribution in [0.1, 0.15) is 6.42 Å². The number of ether oxygens (including phenoxy) is 1. The zero-order valence-corrected chi connectivity index (χ0v) is 6.55. The van der Waals surface area contributed by atoms with Gasteiger partial charge in [0.05, 0.1) is 12.7 Å². The molecule has 0 spiro atoms. The highest BCUT2D eigenvalue weighted by Crippen LogP contribution is 2.49. The van der Waals surface area contributed by atoms with Crippen LogP contribution in [0.15, 0.2) is 0 Å². The van der Waals surface area contributed by atoms with Gasteiger partial charge in [-0.25, -0.2) is 0 Å². The summed E-state index contributed by atoms with van der Waals surface area (Å²) >= 11 is 0. The summed E-state index contributed by atoms with van der Waals surface area (Å²) in [7, 11) is 0. The van der Waals surface area contributed by atoms with Crippen molar-refractivity contribution in [2.45, 2.75) is 30.5 Å². The van der Waals surface area contributed by atoms with E-state index in [1.807, 2.05) is 0 Å². The summed E-state index contributed by atoms with van der Waals surface area (Å²) in [6.45, 7) is -0.205. The van der Waals surface area contributed by atoms with Crippen molar-refractivity contribution in [1.29, 1.82) is 0 Å². The number of alkyl halides is 7. The molecule has 0 amide bonds. The van der Waals surface area contributed by atoms with Crippen LogP contribution in [-0.4, -0.2) is 30.7 Å². The van der Waals surface area contributed by atoms with E-state index in [1.54, 1.807) is 0 Å². The third kappa shape index (κ3) is 1.94. The van der Waals surface area contributed by atoms with Gasteiger partial charge in [-0.1, -0.05) is 0 Å². The third-order valence-corrected chi connectivity index (χ3v) is 1.70. The van der Waals surface area contributed by atoms with Crippen molar-refractivity contribution in [3.05, 3.63) is 0 Å². The van der Waals surface area contributed by atoms with Crippen molar-refractivity contribution in [3.8, 4) is 0 Å². The Morgan fingerprint density at radius 1 is 1.00 bits per heavy atom. The van der Waals surface area contributed by atoms with Crippen molar-refractivity contribution in [3.63, 3.8) is 0 Å². The molecule has 0 unspecified atom stereocenters. The Morgan fingerprint density at radius 2 is 1.43 bits per heavy atom. The average Bonchev–Trinajstić information content (AvgIpc) is 2.67. The lowest BCUT2D eigenvalue weighted by molar-refractivity contribution is -0.356. The number of hydrogen-bond donors (Lipinski definition) is 0. The SMILES string of the molecule is FC(F)(F)C(F)(F)C(F)(F)C[C@H]1CO1. The lowest BCUT2D eigenvalue weighted by Crippen LogP contribution is -2.52. The average molecular weight is 226 g/mol. The smallest absolute Gasteiger partial charge is 0.373 e. The van der Waals surface area contributed by atoms with Crippen LogP contribution < -0.4 is 0 Å². The Balaban J connectivity index is 2.76. The Kier molecular flexibility index (Phi) is 2.46. The zero-order chi connectivity index (χ0) is 11.2. The van der Waals surface area contributed by atoms with Gasteiger partial charge in [0.15, 0.2) is 0 Å². The summed E-state index contributed by atoms with van der Waals surface area (Å²) in [5, 5.41) is 0. The van der Waals surface area contributed by atoms with Gasteiger partial charge in [-0.2, -0.15) is 30.7 Å². The Labute approximate surface area is 73.8 Å². The minimum atomic E-state index is -6.24. The summed E-state index contributed by atoms with van der Waals surface area (Å²) in [4.78, 5) is 0. The molecule has 14 heavy (non-hydrogen) atoms. The van der Waals surface area contributed by atoms with Gasteiger partial charge in [0.25, 0.3) is 0 Å². The number of halogens is 7. The molecular weight excluding hydrogens is 221 g/mol. The van der Waals surface area contributed by atoms with Crippen LogP contribution in [0, 0.1) is 0 Å². The molecule has 1 atom stereocenters. The fraction of sp³-hybridized carbons (Fsp3) is 1.00. The van der Waals surface area contributed by atoms with E-state index in [-0.39, 0.29) is 6.61 Å². The van der Waals surface area contributed by atoms with E-state index in [1.165, 1.54) is 0 Å². The Morgan fingerprint density at radius 3 is 1.71 bits per heavy atom. The van der Waals surface area contributed by atoms with Crippen LogP contribution in [0.25, 0.3) is 0 Å². The first-order chi connectivity index (χ1) is 6.08. The second-order valence-electron chi connectivity index (χ2n) is 2.94. The van der Waals surface area contributed by atoms with Crippen LogP contribution in [0.2, 0.25) is 0 Å². The minimum Gasteiger partial charge on any atom is -0.373 e. The standard InChI is InChI=1S/C6H5F7O/c7-4(8,1-3-2-14-3)5(9,10)6(11,12)13/h3H,1-2H2/t3-/m0/s1. The second kappa shape index (κ2) is 2.98. The van der Waals surface area contributed by atoms with Gasteiger partial charge in [-0.3, -0.25) is 0 Å². The van der Waals surface area contributed by atoms with E-state index < -0.39 is 30.5 Å². The highest BCUT2D eigenvalue weighted by Gasteiger charge is 2.73. The van der Waals surface area contributed by atoms with Crippen molar-refractivity contribution in [2.24, 2.45) is 0 Å². The maximum atomic E-state index is 12.4. The molecule has 0 aromatic rings. The molecule has 1 fully saturated rings. The quantitative estimate of drug-likeness (QED) is 0.532. The molecule has 8 heteroatoms. The first kappa shape index (κ1) is 11.5. The van der Waals surface area contributed by atoms with E-state index >= 15 is 0 Å². The molecular formula is C6H5F7O. The predicted octanol–water partition coefficient (Wildman–Crippen LogP) is 2.61. The molecule has 1 saturated heterocycles. The zero-order valence-electron chi connectivity index (χ0n) is 6.55. The lowest BCUT2D eigenvalue weighted by Gasteiger charge is -2.27. The van der Waals surface area contributed by atoms with Gasteiger partial charge < -0.3 is 4.74 Å². The molecule has 0 bridgehead atoms. The third-order valence-electron chi connectivity index (χ3n) is 1.70. The maximum Gasteiger partial charge on any atom is 0.459 e. The molecule has 1 aliphatic heterocycles. The van der Waals surface area contributed by atoms with Crippen molar-refractivity contribution < 1.29 is 35.5 Å². The van der Waals surface area contributed by atoms with Gasteiger partial charge in [-0.15, -0.1) is 0 Å². The first-order valence-corrected chi connectivity index (χ1v) is 3.52. The summed E-state index contributed by atoms with van der Waals surface area (Å²) < 4.78 is 88.0. The summed E-state index contributed by atoms with van der Waals surface area (Å²) in [5.74, 6) is -11.1. The topological polar surface area (TPSA) is 12.5 Å². The van der Waals surface area contributed by atoms with E-state index in [9.17, 15) is 30.7 Å². The fourth-order valence-corrected chi connectivity index (χ4v) is 0.807. The first-order valence-electron chi connectivity index (χ1n) is 3.52. The maximum absolute atomic E-state index is 12.4. The van der Waals surface area contributed by atoms with Gasteiger partial charge in [0, 0.05) is 6.42 Å². The molecule has 1 nitrogen and oxygen atoms in total. The summed E-state index contributed by atoms with van der Waals surface area (Å²) in [5.41, 5.74) is 0. The molecule has 0 aromatic carbocycles. The van der Waals surface area contributed by atoms with Crippen LogP contribution >= 0.6 is 0 Å². The largest absolute Gasteiger partial charge is 0.459 e. The van der Waals surface area contributed by atoms with Gasteiger partial charge in [0.2, 0.25) is 0 Å². The molecule has 0 aliphatic carbocycles. The fourth-order valence-electron chi connectivity index (χ4n) is 0.807. The molecule has 1 heterocycles. The van der Waals surface area contributed by atoms with Gasteiger partial charge in [-0.05, 0) is 0 Å². The van der Waals surface area contributed by atoms with E-state index in [2.05, 4.69) is 4.74 Å². The van der Waals surface area contributed by atoms with Crippen LogP contribution in [0.3, 0.4) is 0 Å². The highest BCUT2D eigenvalue weighted by molar-refractivity contribution is 4.94. The number of rotatable bonds is 3. The van der Waals surface area contributed by atoms with E-state index in [4.69, 9.17) is 0 Å². The van der Waals surface area contributed by atoms with Crippen molar-refractivity contribution >= 4 is 0 Å². The lowest BCUT2D eigenvalue weighted by atomic mass is 10.1.